The zero-order chi connectivity index (χ0) is 12.3. The standard InChI is InChI=1S/C9H10F4N2O/c1-5-2-7(10)15-8(3-5)14-6(4-16)9(11,12)13/h2-3,6,16H,4H2,1H3,(H,14,15)/t6-/m0/s1. The molecule has 0 radical (unpaired) electrons. The Bertz CT molecular complexity index is 347. The molecule has 0 amide bonds. The molecule has 0 aliphatic carbocycles. The first-order chi connectivity index (χ1) is 7.32. The maximum Gasteiger partial charge on any atom is 0.410 e. The van der Waals surface area contributed by atoms with E-state index in [0.717, 1.165) is 6.07 Å². The molecule has 16 heavy (non-hydrogen) atoms. The van der Waals surface area contributed by atoms with Crippen molar-refractivity contribution in [3.05, 3.63) is 23.6 Å². The topological polar surface area (TPSA) is 45.2 Å². The molecule has 1 aromatic rings. The first-order valence-electron chi connectivity index (χ1n) is 4.41. The van der Waals surface area contributed by atoms with E-state index in [1.165, 1.54) is 13.0 Å². The van der Waals surface area contributed by atoms with Crippen LogP contribution in [0.2, 0.25) is 0 Å². The fourth-order valence-electron chi connectivity index (χ4n) is 1.11. The Kier molecular flexibility index (Phi) is 3.69. The molecule has 0 saturated carbocycles. The predicted molar refractivity (Wildman–Crippen MR) is 49.5 cm³/mol. The van der Waals surface area contributed by atoms with Crippen LogP contribution in [0.3, 0.4) is 0 Å². The van der Waals surface area contributed by atoms with Crippen LogP contribution in [0.15, 0.2) is 12.1 Å². The third kappa shape index (κ3) is 3.34. The molecule has 0 spiro atoms. The molecule has 7 heteroatoms. The molecular formula is C9H10F4N2O. The molecule has 2 N–H and O–H groups in total. The highest BCUT2D eigenvalue weighted by Crippen LogP contribution is 2.23. The average molecular weight is 238 g/mol. The minimum atomic E-state index is -4.61. The van der Waals surface area contributed by atoms with Crippen molar-refractivity contribution in [2.24, 2.45) is 0 Å². The van der Waals surface area contributed by atoms with Crippen LogP contribution in [0.5, 0.6) is 0 Å². The minimum absolute atomic E-state index is 0.256. The summed E-state index contributed by atoms with van der Waals surface area (Å²) in [6.45, 7) is 0.387. The van der Waals surface area contributed by atoms with Crippen molar-refractivity contribution >= 4 is 5.82 Å². The second-order valence-corrected chi connectivity index (χ2v) is 3.27. The van der Waals surface area contributed by atoms with Crippen molar-refractivity contribution in [2.75, 3.05) is 11.9 Å². The van der Waals surface area contributed by atoms with Crippen LogP contribution in [0.1, 0.15) is 5.56 Å². The fraction of sp³-hybridized carbons (Fsp3) is 0.444. The number of nitrogens with one attached hydrogen (secondary N) is 1. The quantitative estimate of drug-likeness (QED) is 0.624. The number of rotatable bonds is 3. The highest BCUT2D eigenvalue weighted by atomic mass is 19.4. The van der Waals surface area contributed by atoms with E-state index in [4.69, 9.17) is 5.11 Å². The van der Waals surface area contributed by atoms with Crippen molar-refractivity contribution in [2.45, 2.75) is 19.1 Å². The average Bonchev–Trinajstić information content (AvgIpc) is 2.10. The molecule has 90 valence electrons. The van der Waals surface area contributed by atoms with Crippen molar-refractivity contribution in [1.82, 2.24) is 4.98 Å². The van der Waals surface area contributed by atoms with Gasteiger partial charge in [-0.1, -0.05) is 0 Å². The summed E-state index contributed by atoms with van der Waals surface area (Å²) in [5.74, 6) is -1.13. The van der Waals surface area contributed by atoms with E-state index in [1.807, 2.05) is 5.32 Å². The molecule has 1 rings (SSSR count). The summed E-state index contributed by atoms with van der Waals surface area (Å²) in [7, 11) is 0. The van der Waals surface area contributed by atoms with E-state index in [2.05, 4.69) is 4.98 Å². The van der Waals surface area contributed by atoms with Crippen LogP contribution in [0, 0.1) is 12.9 Å². The number of aryl methyl sites for hydroxylation is 1. The molecule has 0 aliphatic heterocycles. The number of nitrogens with zero attached hydrogens (tertiary/aromatic N) is 1. The van der Waals surface area contributed by atoms with Gasteiger partial charge in [0.1, 0.15) is 11.9 Å². The maximum atomic E-state index is 12.8. The van der Waals surface area contributed by atoms with Gasteiger partial charge in [0.25, 0.3) is 0 Å². The summed E-state index contributed by atoms with van der Waals surface area (Å²) in [6.07, 6.45) is -4.61. The zero-order valence-electron chi connectivity index (χ0n) is 8.35. The van der Waals surface area contributed by atoms with Crippen LogP contribution in [-0.2, 0) is 0 Å². The van der Waals surface area contributed by atoms with E-state index in [9.17, 15) is 17.6 Å². The summed E-state index contributed by atoms with van der Waals surface area (Å²) in [5.41, 5.74) is 0.439. The Hall–Kier alpha value is -1.37. The highest BCUT2D eigenvalue weighted by Gasteiger charge is 2.39. The fourth-order valence-corrected chi connectivity index (χ4v) is 1.11. The van der Waals surface area contributed by atoms with E-state index in [1.54, 1.807) is 0 Å². The Morgan fingerprint density at radius 1 is 1.44 bits per heavy atom. The number of aliphatic hydroxyl groups excluding tert-OH is 1. The molecule has 0 unspecified atom stereocenters. The van der Waals surface area contributed by atoms with Gasteiger partial charge in [0.05, 0.1) is 6.61 Å². The molecule has 0 aliphatic rings. The second-order valence-electron chi connectivity index (χ2n) is 3.27. The Morgan fingerprint density at radius 2 is 2.06 bits per heavy atom. The van der Waals surface area contributed by atoms with Gasteiger partial charge in [0.15, 0.2) is 0 Å². The Morgan fingerprint density at radius 3 is 2.50 bits per heavy atom. The lowest BCUT2D eigenvalue weighted by Crippen LogP contribution is -2.39. The number of pyridine rings is 1. The number of hydrogen-bond donors (Lipinski definition) is 2. The van der Waals surface area contributed by atoms with E-state index >= 15 is 0 Å². The van der Waals surface area contributed by atoms with Crippen molar-refractivity contribution in [3.8, 4) is 0 Å². The molecule has 0 aromatic carbocycles. The number of hydrogen-bond acceptors (Lipinski definition) is 3. The van der Waals surface area contributed by atoms with Crippen LogP contribution in [0.4, 0.5) is 23.4 Å². The van der Waals surface area contributed by atoms with Gasteiger partial charge >= 0.3 is 6.18 Å². The predicted octanol–water partition coefficient (Wildman–Crippen LogP) is 1.86. The van der Waals surface area contributed by atoms with Gasteiger partial charge in [-0.3, -0.25) is 0 Å². The molecular weight excluding hydrogens is 228 g/mol. The van der Waals surface area contributed by atoms with Gasteiger partial charge in [-0.25, -0.2) is 4.98 Å². The first-order valence-corrected chi connectivity index (χ1v) is 4.41. The summed E-state index contributed by atoms with van der Waals surface area (Å²) in [5, 5.41) is 10.5. The van der Waals surface area contributed by atoms with E-state index in [0.29, 0.717) is 5.56 Å². The Balaban J connectivity index is 2.86. The van der Waals surface area contributed by atoms with Crippen LogP contribution >= 0.6 is 0 Å². The summed E-state index contributed by atoms with van der Waals surface area (Å²) >= 11 is 0. The molecule has 1 atom stereocenters. The smallest absolute Gasteiger partial charge is 0.394 e. The maximum absolute atomic E-state index is 12.8. The summed E-state index contributed by atoms with van der Waals surface area (Å²) in [4.78, 5) is 3.25. The lowest BCUT2D eigenvalue weighted by molar-refractivity contribution is -0.149. The van der Waals surface area contributed by atoms with Crippen molar-refractivity contribution < 1.29 is 22.7 Å². The van der Waals surface area contributed by atoms with Crippen molar-refractivity contribution in [3.63, 3.8) is 0 Å². The molecule has 0 bridgehead atoms. The number of halogens is 4. The molecule has 0 fully saturated rings. The van der Waals surface area contributed by atoms with Gasteiger partial charge in [-0.2, -0.15) is 17.6 Å². The van der Waals surface area contributed by atoms with Gasteiger partial charge < -0.3 is 10.4 Å². The largest absolute Gasteiger partial charge is 0.410 e. The number of alkyl halides is 3. The molecule has 1 aromatic heterocycles. The van der Waals surface area contributed by atoms with Crippen molar-refractivity contribution in [1.29, 1.82) is 0 Å². The van der Waals surface area contributed by atoms with Gasteiger partial charge in [0, 0.05) is 0 Å². The second kappa shape index (κ2) is 4.65. The zero-order valence-corrected chi connectivity index (χ0v) is 8.35. The monoisotopic (exact) mass is 238 g/mol. The van der Waals surface area contributed by atoms with Gasteiger partial charge in [0.2, 0.25) is 5.95 Å². The molecule has 1 heterocycles. The minimum Gasteiger partial charge on any atom is -0.394 e. The summed E-state index contributed by atoms with van der Waals surface area (Å²) < 4.78 is 49.6. The van der Waals surface area contributed by atoms with E-state index < -0.39 is 24.8 Å². The molecule has 3 nitrogen and oxygen atoms in total. The number of aliphatic hydroxyl groups is 1. The van der Waals surface area contributed by atoms with Crippen LogP contribution in [0.25, 0.3) is 0 Å². The lowest BCUT2D eigenvalue weighted by Gasteiger charge is -2.19. The van der Waals surface area contributed by atoms with E-state index in [-0.39, 0.29) is 5.82 Å². The third-order valence-electron chi connectivity index (χ3n) is 1.84. The Labute approximate surface area is 89.1 Å². The number of anilines is 1. The highest BCUT2D eigenvalue weighted by molar-refractivity contribution is 5.38. The normalized spacial score (nSPS) is 13.6. The number of aromatic nitrogens is 1. The van der Waals surface area contributed by atoms with Gasteiger partial charge in [-0.15, -0.1) is 0 Å². The van der Waals surface area contributed by atoms with Crippen LogP contribution < -0.4 is 5.32 Å². The first kappa shape index (κ1) is 12.7. The summed E-state index contributed by atoms with van der Waals surface area (Å²) in [6, 6.07) is 0.200. The van der Waals surface area contributed by atoms with Crippen LogP contribution in [-0.4, -0.2) is 28.9 Å². The third-order valence-corrected chi connectivity index (χ3v) is 1.84. The van der Waals surface area contributed by atoms with Gasteiger partial charge in [-0.05, 0) is 24.6 Å². The SMILES string of the molecule is Cc1cc(F)nc(N[C@@H](CO)C(F)(F)F)c1. The lowest BCUT2D eigenvalue weighted by atomic mass is 10.2. The molecule has 0 saturated heterocycles.